The second-order valence-electron chi connectivity index (χ2n) is 5.01. The highest BCUT2D eigenvalue weighted by molar-refractivity contribution is 7.91. The number of rotatable bonds is 2. The summed E-state index contributed by atoms with van der Waals surface area (Å²) in [4.78, 5) is 11.5. The Morgan fingerprint density at radius 2 is 2.06 bits per heavy atom. The van der Waals surface area contributed by atoms with Crippen LogP contribution in [0.25, 0.3) is 0 Å². The molecule has 1 unspecified atom stereocenters. The van der Waals surface area contributed by atoms with E-state index >= 15 is 0 Å². The second kappa shape index (κ2) is 3.96. The van der Waals surface area contributed by atoms with Gasteiger partial charge in [0.15, 0.2) is 9.84 Å². The van der Waals surface area contributed by atoms with Gasteiger partial charge in [0.2, 0.25) is 0 Å². The van der Waals surface area contributed by atoms with Crippen LogP contribution in [0.3, 0.4) is 0 Å². The molecule has 0 saturated carbocycles. The number of halogens is 1. The lowest BCUT2D eigenvalue weighted by Gasteiger charge is -2.27. The topological polar surface area (TPSA) is 71.4 Å². The van der Waals surface area contributed by atoms with Gasteiger partial charge in [0.1, 0.15) is 0 Å². The van der Waals surface area contributed by atoms with Crippen LogP contribution in [0, 0.1) is 5.41 Å². The molecule has 18 heavy (non-hydrogen) atoms. The van der Waals surface area contributed by atoms with Crippen molar-refractivity contribution in [1.82, 2.24) is 0 Å². The Labute approximate surface area is 110 Å². The van der Waals surface area contributed by atoms with Crippen LogP contribution in [0.2, 0.25) is 5.02 Å². The van der Waals surface area contributed by atoms with Gasteiger partial charge in [-0.05, 0) is 31.5 Å². The van der Waals surface area contributed by atoms with Crippen LogP contribution >= 0.6 is 11.6 Å². The molecule has 1 aliphatic heterocycles. The number of fused-ring (bicyclic) bond motifs is 1. The molecular weight excluding hydrogens is 276 g/mol. The third-order valence-electron chi connectivity index (χ3n) is 3.50. The van der Waals surface area contributed by atoms with Crippen molar-refractivity contribution in [2.45, 2.75) is 24.7 Å². The number of aliphatic carboxylic acids is 1. The lowest BCUT2D eigenvalue weighted by molar-refractivity contribution is -0.147. The van der Waals surface area contributed by atoms with Gasteiger partial charge in [-0.2, -0.15) is 0 Å². The summed E-state index contributed by atoms with van der Waals surface area (Å²) < 4.78 is 24.1. The van der Waals surface area contributed by atoms with Crippen molar-refractivity contribution >= 4 is 27.4 Å². The molecular formula is C12H13ClO4S. The Balaban J connectivity index is 2.69. The summed E-state index contributed by atoms with van der Waals surface area (Å²) in [5, 5.41) is 9.56. The summed E-state index contributed by atoms with van der Waals surface area (Å²) in [5.41, 5.74) is -0.741. The predicted molar refractivity (Wildman–Crippen MR) is 67.7 cm³/mol. The summed E-state index contributed by atoms with van der Waals surface area (Å²) in [6.07, 6.45) is 0. The van der Waals surface area contributed by atoms with Crippen molar-refractivity contribution in [3.63, 3.8) is 0 Å². The lowest BCUT2D eigenvalue weighted by Crippen LogP contribution is -2.32. The van der Waals surface area contributed by atoms with Crippen molar-refractivity contribution in [1.29, 1.82) is 0 Å². The zero-order valence-corrected chi connectivity index (χ0v) is 11.5. The first-order valence-corrected chi connectivity index (χ1v) is 7.45. The Morgan fingerprint density at radius 1 is 1.44 bits per heavy atom. The number of hydrogen-bond donors (Lipinski definition) is 1. The minimum Gasteiger partial charge on any atom is -0.481 e. The zero-order chi connectivity index (χ0) is 13.7. The van der Waals surface area contributed by atoms with Gasteiger partial charge < -0.3 is 5.11 Å². The van der Waals surface area contributed by atoms with Crippen LogP contribution in [-0.4, -0.2) is 25.2 Å². The fourth-order valence-corrected chi connectivity index (χ4v) is 4.67. The average molecular weight is 289 g/mol. The van der Waals surface area contributed by atoms with Gasteiger partial charge in [-0.25, -0.2) is 8.42 Å². The molecule has 0 radical (unpaired) electrons. The maximum atomic E-state index is 12.0. The maximum Gasteiger partial charge on any atom is 0.309 e. The van der Waals surface area contributed by atoms with Crippen LogP contribution in [0.15, 0.2) is 23.1 Å². The van der Waals surface area contributed by atoms with E-state index in [1.807, 2.05) is 0 Å². The van der Waals surface area contributed by atoms with Gasteiger partial charge >= 0.3 is 5.97 Å². The van der Waals surface area contributed by atoms with Crippen LogP contribution in [0.5, 0.6) is 0 Å². The molecule has 0 spiro atoms. The second-order valence-corrected chi connectivity index (χ2v) is 7.42. The highest BCUT2D eigenvalue weighted by Crippen LogP contribution is 2.48. The van der Waals surface area contributed by atoms with Crippen molar-refractivity contribution in [2.75, 3.05) is 5.75 Å². The van der Waals surface area contributed by atoms with Crippen molar-refractivity contribution in [3.8, 4) is 0 Å². The average Bonchev–Trinajstić information content (AvgIpc) is 2.53. The van der Waals surface area contributed by atoms with Gasteiger partial charge in [-0.3, -0.25) is 4.79 Å². The van der Waals surface area contributed by atoms with Crippen molar-refractivity contribution in [3.05, 3.63) is 28.8 Å². The fraction of sp³-hybridized carbons (Fsp3) is 0.417. The molecule has 98 valence electrons. The van der Waals surface area contributed by atoms with Gasteiger partial charge in [-0.15, -0.1) is 0 Å². The molecule has 0 fully saturated rings. The molecule has 6 heteroatoms. The SMILES string of the molecule is CC(C)(C(=O)O)C1CS(=O)(=O)c2cccc(Cl)c21. The number of benzene rings is 1. The summed E-state index contributed by atoms with van der Waals surface area (Å²) in [7, 11) is -3.44. The van der Waals surface area contributed by atoms with Crippen LogP contribution in [0.1, 0.15) is 25.3 Å². The molecule has 0 saturated heterocycles. The molecule has 1 aromatic carbocycles. The number of hydrogen-bond acceptors (Lipinski definition) is 3. The standard InChI is InChI=1S/C12H13ClO4S/c1-12(2,11(14)15)7-6-18(16,17)9-5-3-4-8(13)10(7)9/h3-5,7H,6H2,1-2H3,(H,14,15). The first kappa shape index (κ1) is 13.4. The molecule has 1 aliphatic rings. The fourth-order valence-electron chi connectivity index (χ4n) is 2.24. The van der Waals surface area contributed by atoms with Crippen LogP contribution < -0.4 is 0 Å². The monoisotopic (exact) mass is 288 g/mol. The number of carboxylic acid groups (broad SMARTS) is 1. The minimum absolute atomic E-state index is 0.161. The van der Waals surface area contributed by atoms with Gasteiger partial charge in [-0.1, -0.05) is 17.7 Å². The minimum atomic E-state index is -3.44. The number of sulfone groups is 1. The Kier molecular flexibility index (Phi) is 2.94. The van der Waals surface area contributed by atoms with Crippen LogP contribution in [0.4, 0.5) is 0 Å². The van der Waals surface area contributed by atoms with E-state index in [0.717, 1.165) is 0 Å². The highest BCUT2D eigenvalue weighted by Gasteiger charge is 2.47. The zero-order valence-electron chi connectivity index (χ0n) is 9.97. The van der Waals surface area contributed by atoms with E-state index in [1.165, 1.54) is 19.9 Å². The molecule has 0 aliphatic carbocycles. The summed E-state index contributed by atoms with van der Waals surface area (Å²) >= 11 is 6.05. The van der Waals surface area contributed by atoms with E-state index in [0.29, 0.717) is 10.6 Å². The highest BCUT2D eigenvalue weighted by atomic mass is 35.5. The maximum absolute atomic E-state index is 12.0. The number of carboxylic acids is 1. The molecule has 1 atom stereocenters. The van der Waals surface area contributed by atoms with Gasteiger partial charge in [0.25, 0.3) is 0 Å². The largest absolute Gasteiger partial charge is 0.481 e. The normalized spacial score (nSPS) is 21.6. The predicted octanol–water partition coefficient (Wildman–Crippen LogP) is 2.32. The van der Waals surface area contributed by atoms with Gasteiger partial charge in [0, 0.05) is 10.9 Å². The van der Waals surface area contributed by atoms with E-state index in [1.54, 1.807) is 12.1 Å². The molecule has 1 heterocycles. The molecule has 1 aromatic rings. The Hall–Kier alpha value is -1.07. The Morgan fingerprint density at radius 3 is 2.61 bits per heavy atom. The first-order chi connectivity index (χ1) is 8.18. The molecule has 2 rings (SSSR count). The van der Waals surface area contributed by atoms with Crippen LogP contribution in [-0.2, 0) is 14.6 Å². The van der Waals surface area contributed by atoms with Gasteiger partial charge in [0.05, 0.1) is 16.1 Å². The van der Waals surface area contributed by atoms with Crippen molar-refractivity contribution < 1.29 is 18.3 Å². The molecule has 0 bridgehead atoms. The van der Waals surface area contributed by atoms with E-state index in [4.69, 9.17) is 11.6 Å². The van der Waals surface area contributed by atoms with E-state index in [2.05, 4.69) is 0 Å². The number of carbonyl (C=O) groups is 1. The van der Waals surface area contributed by atoms with E-state index in [-0.39, 0.29) is 10.6 Å². The summed E-state index contributed by atoms with van der Waals surface area (Å²) in [6.45, 7) is 3.04. The quantitative estimate of drug-likeness (QED) is 0.906. The van der Waals surface area contributed by atoms with Crippen molar-refractivity contribution in [2.24, 2.45) is 5.41 Å². The molecule has 0 aromatic heterocycles. The molecule has 1 N–H and O–H groups in total. The molecule has 0 amide bonds. The summed E-state index contributed by atoms with van der Waals surface area (Å²) in [6, 6.07) is 4.63. The Bertz CT molecular complexity index is 619. The summed E-state index contributed by atoms with van der Waals surface area (Å²) in [5.74, 6) is -1.86. The van der Waals surface area contributed by atoms with E-state index in [9.17, 15) is 18.3 Å². The smallest absolute Gasteiger partial charge is 0.309 e. The first-order valence-electron chi connectivity index (χ1n) is 5.42. The molecule has 4 nitrogen and oxygen atoms in total. The third-order valence-corrected chi connectivity index (χ3v) is 5.63. The third kappa shape index (κ3) is 1.82. The van der Waals surface area contributed by atoms with E-state index < -0.39 is 27.1 Å². The lowest BCUT2D eigenvalue weighted by atomic mass is 9.76.